The number of hydrogen-bond acceptors (Lipinski definition) is 7. The number of hydrogen-bond donors (Lipinski definition) is 3. The standard InChI is InChI=1S/C13H17NO3.C8H7ClO2.C5H11NO/c15-9-12-6-7-14(8-12)13(16)17-10-11-4-2-1-3-5-11;9-8(10)11-6-7-4-2-1-3-5-7;7-4-5-1-2-6-3-5/h1-5,12,15H,6-10H2;1-5H,6H2;5-7H,1-4H2/t12-;;5-/m0.0/s1. The molecule has 2 aromatic rings. The van der Waals surface area contributed by atoms with Crippen molar-refractivity contribution in [3.05, 3.63) is 71.8 Å². The molecule has 0 bridgehead atoms. The van der Waals surface area contributed by atoms with E-state index < -0.39 is 5.43 Å². The van der Waals surface area contributed by atoms with Crippen molar-refractivity contribution in [3.8, 4) is 0 Å². The lowest BCUT2D eigenvalue weighted by molar-refractivity contribution is 0.101. The molecule has 192 valence electrons. The molecule has 2 saturated heterocycles. The van der Waals surface area contributed by atoms with Crippen LogP contribution in [0.3, 0.4) is 0 Å². The van der Waals surface area contributed by atoms with E-state index in [1.54, 1.807) is 4.90 Å². The Morgan fingerprint density at radius 2 is 1.46 bits per heavy atom. The summed E-state index contributed by atoms with van der Waals surface area (Å²) >= 11 is 4.97. The molecule has 3 N–H and O–H groups in total. The van der Waals surface area contributed by atoms with Gasteiger partial charge in [0.1, 0.15) is 13.2 Å². The van der Waals surface area contributed by atoms with Crippen LogP contribution in [0.2, 0.25) is 0 Å². The van der Waals surface area contributed by atoms with Crippen LogP contribution in [0, 0.1) is 11.8 Å². The Morgan fingerprint density at radius 3 is 1.89 bits per heavy atom. The molecule has 2 fully saturated rings. The molecule has 2 heterocycles. The predicted octanol–water partition coefficient (Wildman–Crippen LogP) is 3.79. The molecule has 0 unspecified atom stereocenters. The number of rotatable bonds is 6. The van der Waals surface area contributed by atoms with Gasteiger partial charge in [0.05, 0.1) is 0 Å². The minimum absolute atomic E-state index is 0.141. The molecule has 0 aromatic heterocycles. The largest absolute Gasteiger partial charge is 0.449 e. The minimum Gasteiger partial charge on any atom is -0.449 e. The van der Waals surface area contributed by atoms with Gasteiger partial charge in [0.2, 0.25) is 0 Å². The maximum atomic E-state index is 11.7. The summed E-state index contributed by atoms with van der Waals surface area (Å²) in [6.07, 6.45) is 1.72. The maximum absolute atomic E-state index is 11.7. The molecular weight excluding hydrogens is 472 g/mol. The average molecular weight is 507 g/mol. The average Bonchev–Trinajstić information content (AvgIpc) is 3.60. The summed E-state index contributed by atoms with van der Waals surface area (Å²) in [4.78, 5) is 23.5. The number of carbonyl (C=O) groups is 2. The van der Waals surface area contributed by atoms with Crippen LogP contribution in [-0.2, 0) is 22.7 Å². The zero-order valence-corrected chi connectivity index (χ0v) is 20.6. The first-order valence-corrected chi connectivity index (χ1v) is 12.1. The van der Waals surface area contributed by atoms with E-state index in [-0.39, 0.29) is 25.2 Å². The van der Waals surface area contributed by atoms with Crippen LogP contribution < -0.4 is 5.32 Å². The molecule has 8 nitrogen and oxygen atoms in total. The van der Waals surface area contributed by atoms with E-state index in [4.69, 9.17) is 26.6 Å². The van der Waals surface area contributed by atoms with Crippen LogP contribution in [0.1, 0.15) is 24.0 Å². The molecule has 0 saturated carbocycles. The number of likely N-dealkylation sites (tertiary alicyclic amines) is 1. The molecule has 4 rings (SSSR count). The number of nitrogens with zero attached hydrogens (tertiary/aromatic N) is 1. The van der Waals surface area contributed by atoms with E-state index in [1.807, 2.05) is 60.7 Å². The fraction of sp³-hybridized carbons (Fsp3) is 0.462. The molecule has 2 atom stereocenters. The number of benzene rings is 2. The Morgan fingerprint density at radius 1 is 0.886 bits per heavy atom. The van der Waals surface area contributed by atoms with Crippen molar-refractivity contribution in [2.24, 2.45) is 11.8 Å². The third-order valence-corrected chi connectivity index (χ3v) is 5.73. The van der Waals surface area contributed by atoms with Crippen molar-refractivity contribution in [2.75, 3.05) is 39.4 Å². The number of ether oxygens (including phenoxy) is 2. The highest BCUT2D eigenvalue weighted by Gasteiger charge is 2.26. The van der Waals surface area contributed by atoms with Gasteiger partial charge in [-0.25, -0.2) is 9.59 Å². The van der Waals surface area contributed by atoms with E-state index in [2.05, 4.69) is 10.1 Å². The van der Waals surface area contributed by atoms with Crippen molar-refractivity contribution in [2.45, 2.75) is 26.1 Å². The zero-order chi connectivity index (χ0) is 25.3. The molecule has 2 aliphatic rings. The molecule has 9 heteroatoms. The van der Waals surface area contributed by atoms with Crippen LogP contribution in [0.25, 0.3) is 0 Å². The quantitative estimate of drug-likeness (QED) is 0.511. The molecule has 0 spiro atoms. The summed E-state index contributed by atoms with van der Waals surface area (Å²) in [5.74, 6) is 0.749. The fourth-order valence-electron chi connectivity index (χ4n) is 3.54. The maximum Gasteiger partial charge on any atom is 0.410 e. The summed E-state index contributed by atoms with van der Waals surface area (Å²) in [6.45, 7) is 4.42. The molecule has 2 aromatic carbocycles. The highest BCUT2D eigenvalue weighted by molar-refractivity contribution is 6.61. The molecule has 0 aliphatic carbocycles. The normalized spacial score (nSPS) is 18.5. The monoisotopic (exact) mass is 506 g/mol. The Bertz CT molecular complexity index is 849. The van der Waals surface area contributed by atoms with Crippen molar-refractivity contribution in [1.82, 2.24) is 10.2 Å². The van der Waals surface area contributed by atoms with Crippen molar-refractivity contribution >= 4 is 23.1 Å². The summed E-state index contributed by atoms with van der Waals surface area (Å²) in [6, 6.07) is 19.0. The van der Waals surface area contributed by atoms with Gasteiger partial charge in [-0.05, 0) is 36.4 Å². The van der Waals surface area contributed by atoms with Gasteiger partial charge in [-0.1, -0.05) is 60.7 Å². The van der Waals surface area contributed by atoms with Gasteiger partial charge in [-0.15, -0.1) is 0 Å². The zero-order valence-electron chi connectivity index (χ0n) is 19.9. The van der Waals surface area contributed by atoms with E-state index >= 15 is 0 Å². The topological polar surface area (TPSA) is 108 Å². The Labute approximate surface area is 211 Å². The third-order valence-electron chi connectivity index (χ3n) is 5.62. The first-order chi connectivity index (χ1) is 17.0. The van der Waals surface area contributed by atoms with Crippen molar-refractivity contribution in [3.63, 3.8) is 0 Å². The number of nitrogens with one attached hydrogen (secondary N) is 1. The fourth-order valence-corrected chi connectivity index (χ4v) is 3.60. The second kappa shape index (κ2) is 16.9. The number of aliphatic hydroxyl groups is 2. The van der Waals surface area contributed by atoms with Crippen LogP contribution in [0.15, 0.2) is 60.7 Å². The summed E-state index contributed by atoms with van der Waals surface area (Å²) in [5.41, 5.74) is 1.15. The molecule has 2 aliphatic heterocycles. The second-order valence-corrected chi connectivity index (χ2v) is 8.69. The predicted molar refractivity (Wildman–Crippen MR) is 134 cm³/mol. The second-order valence-electron chi connectivity index (χ2n) is 8.38. The molecule has 35 heavy (non-hydrogen) atoms. The van der Waals surface area contributed by atoms with Gasteiger partial charge in [0.25, 0.3) is 0 Å². The number of amides is 1. The Kier molecular flexibility index (Phi) is 13.8. The van der Waals surface area contributed by atoms with Crippen molar-refractivity contribution < 1.29 is 29.3 Å². The lowest BCUT2D eigenvalue weighted by atomic mass is 10.1. The number of aliphatic hydroxyl groups excluding tert-OH is 2. The molecule has 0 radical (unpaired) electrons. The summed E-state index contributed by atoms with van der Waals surface area (Å²) < 4.78 is 9.76. The smallest absolute Gasteiger partial charge is 0.410 e. The van der Waals surface area contributed by atoms with Gasteiger partial charge in [-0.3, -0.25) is 0 Å². The van der Waals surface area contributed by atoms with Crippen LogP contribution in [0.5, 0.6) is 0 Å². The van der Waals surface area contributed by atoms with Crippen LogP contribution in [-0.4, -0.2) is 66.0 Å². The third kappa shape index (κ3) is 12.0. The summed E-state index contributed by atoms with van der Waals surface area (Å²) in [5, 5.41) is 20.7. The van der Waals surface area contributed by atoms with Gasteiger partial charge in [-0.2, -0.15) is 0 Å². The van der Waals surface area contributed by atoms with Crippen LogP contribution in [0.4, 0.5) is 9.59 Å². The van der Waals surface area contributed by atoms with E-state index in [0.717, 1.165) is 37.1 Å². The van der Waals surface area contributed by atoms with Crippen LogP contribution >= 0.6 is 11.6 Å². The highest BCUT2D eigenvalue weighted by Crippen LogP contribution is 2.16. The van der Waals surface area contributed by atoms with E-state index in [0.29, 0.717) is 32.2 Å². The van der Waals surface area contributed by atoms with Gasteiger partial charge in [0, 0.05) is 50.4 Å². The van der Waals surface area contributed by atoms with E-state index in [1.165, 1.54) is 0 Å². The first kappa shape index (κ1) is 28.6. The van der Waals surface area contributed by atoms with Gasteiger partial charge in [0.15, 0.2) is 0 Å². The lowest BCUT2D eigenvalue weighted by Gasteiger charge is -2.15. The number of halogens is 1. The Balaban J connectivity index is 0.000000205. The SMILES string of the molecule is O=C(Cl)OCc1ccccc1.O=C(OCc1ccccc1)N1CC[C@H](CO)C1.OC[C@H]1CCNC1. The summed E-state index contributed by atoms with van der Waals surface area (Å²) in [7, 11) is 0. The Hall–Kier alpha value is -2.65. The minimum atomic E-state index is -0.770. The molecule has 1 amide bonds. The number of carbonyl (C=O) groups excluding carboxylic acids is 2. The van der Waals surface area contributed by atoms with E-state index in [9.17, 15) is 9.59 Å². The van der Waals surface area contributed by atoms with Gasteiger partial charge < -0.3 is 29.9 Å². The first-order valence-electron chi connectivity index (χ1n) is 11.8. The lowest BCUT2D eigenvalue weighted by Crippen LogP contribution is -2.29. The van der Waals surface area contributed by atoms with Crippen molar-refractivity contribution in [1.29, 1.82) is 0 Å². The molecular formula is C26H35ClN2O6. The highest BCUT2D eigenvalue weighted by atomic mass is 35.5. The van der Waals surface area contributed by atoms with Gasteiger partial charge >= 0.3 is 11.5 Å².